The van der Waals surface area contributed by atoms with Gasteiger partial charge < -0.3 is 19.9 Å². The molecule has 0 aromatic heterocycles. The number of amides is 1. The average Bonchev–Trinajstić information content (AvgIpc) is 2.56. The van der Waals surface area contributed by atoms with Gasteiger partial charge in [-0.3, -0.25) is 4.79 Å². The van der Waals surface area contributed by atoms with Gasteiger partial charge in [-0.25, -0.2) is 0 Å². The van der Waals surface area contributed by atoms with Crippen molar-refractivity contribution in [2.75, 3.05) is 50.8 Å². The van der Waals surface area contributed by atoms with Crippen LogP contribution in [0.2, 0.25) is 0 Å². The van der Waals surface area contributed by atoms with E-state index in [9.17, 15) is 4.79 Å². The molecule has 1 amide bonds. The van der Waals surface area contributed by atoms with Crippen LogP contribution in [0.3, 0.4) is 0 Å². The molecule has 0 radical (unpaired) electrons. The molecule has 1 aromatic carbocycles. The Morgan fingerprint density at radius 3 is 2.57 bits per heavy atom. The first kappa shape index (κ1) is 14.4. The molecule has 21 heavy (non-hydrogen) atoms. The van der Waals surface area contributed by atoms with Gasteiger partial charge in [-0.05, 0) is 31.2 Å². The highest BCUT2D eigenvalue weighted by Gasteiger charge is 2.24. The maximum atomic E-state index is 12.6. The summed E-state index contributed by atoms with van der Waals surface area (Å²) in [5.74, 6) is 0.137. The number of piperazine rings is 1. The Hall–Kier alpha value is -1.59. The summed E-state index contributed by atoms with van der Waals surface area (Å²) < 4.78 is 5.37. The third-order valence-corrected chi connectivity index (χ3v) is 4.25. The molecule has 3 rings (SSSR count). The zero-order valence-corrected chi connectivity index (χ0v) is 12.5. The highest BCUT2D eigenvalue weighted by Crippen LogP contribution is 2.18. The van der Waals surface area contributed by atoms with Crippen molar-refractivity contribution in [1.29, 1.82) is 0 Å². The van der Waals surface area contributed by atoms with Gasteiger partial charge in [-0.15, -0.1) is 0 Å². The van der Waals surface area contributed by atoms with Crippen molar-refractivity contribution < 1.29 is 9.53 Å². The summed E-state index contributed by atoms with van der Waals surface area (Å²) in [4.78, 5) is 16.8. The van der Waals surface area contributed by atoms with Crippen molar-refractivity contribution in [3.63, 3.8) is 0 Å². The molecule has 1 aromatic rings. The fraction of sp³-hybridized carbons (Fsp3) is 0.562. The van der Waals surface area contributed by atoms with E-state index in [-0.39, 0.29) is 11.9 Å². The molecule has 5 nitrogen and oxygen atoms in total. The van der Waals surface area contributed by atoms with Crippen LogP contribution in [-0.2, 0) is 4.74 Å². The molecule has 2 saturated heterocycles. The largest absolute Gasteiger partial charge is 0.378 e. The summed E-state index contributed by atoms with van der Waals surface area (Å²) in [5.41, 5.74) is 1.95. The van der Waals surface area contributed by atoms with Gasteiger partial charge in [-0.1, -0.05) is 0 Å². The van der Waals surface area contributed by atoms with Gasteiger partial charge in [0.2, 0.25) is 0 Å². The number of carbonyl (C=O) groups excluding carboxylic acids is 1. The number of hydrogen-bond acceptors (Lipinski definition) is 4. The molecule has 1 N–H and O–H groups in total. The van der Waals surface area contributed by atoms with E-state index in [0.29, 0.717) is 0 Å². The summed E-state index contributed by atoms with van der Waals surface area (Å²) in [5, 5.41) is 3.31. The van der Waals surface area contributed by atoms with E-state index in [1.165, 1.54) is 5.69 Å². The summed E-state index contributed by atoms with van der Waals surface area (Å²) in [6.45, 7) is 8.01. The van der Waals surface area contributed by atoms with E-state index < -0.39 is 0 Å². The van der Waals surface area contributed by atoms with E-state index in [0.717, 1.165) is 51.5 Å². The zero-order chi connectivity index (χ0) is 14.7. The van der Waals surface area contributed by atoms with Crippen LogP contribution in [0.15, 0.2) is 24.3 Å². The van der Waals surface area contributed by atoms with Gasteiger partial charge in [-0.2, -0.15) is 0 Å². The molecule has 0 unspecified atom stereocenters. The Morgan fingerprint density at radius 1 is 1.19 bits per heavy atom. The van der Waals surface area contributed by atoms with Crippen molar-refractivity contribution >= 4 is 11.6 Å². The van der Waals surface area contributed by atoms with E-state index in [4.69, 9.17) is 4.74 Å². The lowest BCUT2D eigenvalue weighted by Gasteiger charge is -2.34. The lowest BCUT2D eigenvalue weighted by Crippen LogP contribution is -2.52. The van der Waals surface area contributed by atoms with Gasteiger partial charge in [0.05, 0.1) is 13.2 Å². The highest BCUT2D eigenvalue weighted by atomic mass is 16.5. The third-order valence-electron chi connectivity index (χ3n) is 4.25. The van der Waals surface area contributed by atoms with Crippen LogP contribution in [0.1, 0.15) is 17.3 Å². The van der Waals surface area contributed by atoms with Crippen molar-refractivity contribution in [3.8, 4) is 0 Å². The molecule has 2 heterocycles. The molecule has 2 aliphatic rings. The van der Waals surface area contributed by atoms with Crippen LogP contribution in [0.5, 0.6) is 0 Å². The summed E-state index contributed by atoms with van der Waals surface area (Å²) in [6, 6.07) is 8.24. The zero-order valence-electron chi connectivity index (χ0n) is 12.5. The van der Waals surface area contributed by atoms with Gasteiger partial charge >= 0.3 is 0 Å². The summed E-state index contributed by atoms with van der Waals surface area (Å²) in [6.07, 6.45) is 0. The number of rotatable bonds is 2. The SMILES string of the molecule is C[C@@H]1CNCCN1C(=O)c1ccc(N2CCOCC2)cc1. The van der Waals surface area contributed by atoms with Crippen LogP contribution in [-0.4, -0.2) is 62.8 Å². The van der Waals surface area contributed by atoms with Crippen LogP contribution in [0.25, 0.3) is 0 Å². The van der Waals surface area contributed by atoms with Gasteiger partial charge in [0, 0.05) is 50.0 Å². The minimum absolute atomic E-state index is 0.137. The predicted octanol–water partition coefficient (Wildman–Crippen LogP) is 0.957. The Labute approximate surface area is 125 Å². The maximum absolute atomic E-state index is 12.6. The molecule has 0 spiro atoms. The average molecular weight is 289 g/mol. The first-order chi connectivity index (χ1) is 10.3. The Bertz CT molecular complexity index is 483. The third kappa shape index (κ3) is 3.19. The number of morpholine rings is 1. The monoisotopic (exact) mass is 289 g/mol. The highest BCUT2D eigenvalue weighted by molar-refractivity contribution is 5.94. The van der Waals surface area contributed by atoms with E-state index in [2.05, 4.69) is 17.1 Å². The number of benzene rings is 1. The van der Waals surface area contributed by atoms with E-state index in [1.807, 2.05) is 29.2 Å². The predicted molar refractivity (Wildman–Crippen MR) is 82.8 cm³/mol. The molecule has 1 atom stereocenters. The van der Waals surface area contributed by atoms with Gasteiger partial charge in [0.15, 0.2) is 0 Å². The Morgan fingerprint density at radius 2 is 1.90 bits per heavy atom. The molecular weight excluding hydrogens is 266 g/mol. The molecule has 114 valence electrons. The van der Waals surface area contributed by atoms with Gasteiger partial charge in [0.1, 0.15) is 0 Å². The molecular formula is C16H23N3O2. The first-order valence-electron chi connectivity index (χ1n) is 7.70. The maximum Gasteiger partial charge on any atom is 0.254 e. The topological polar surface area (TPSA) is 44.8 Å². The molecule has 5 heteroatoms. The fourth-order valence-corrected chi connectivity index (χ4v) is 2.94. The molecule has 0 bridgehead atoms. The molecule has 2 aliphatic heterocycles. The second-order valence-corrected chi connectivity index (χ2v) is 5.70. The normalized spacial score (nSPS) is 23.2. The van der Waals surface area contributed by atoms with Gasteiger partial charge in [0.25, 0.3) is 5.91 Å². The number of ether oxygens (including phenoxy) is 1. The van der Waals surface area contributed by atoms with Crippen molar-refractivity contribution in [3.05, 3.63) is 29.8 Å². The molecule has 2 fully saturated rings. The summed E-state index contributed by atoms with van der Waals surface area (Å²) >= 11 is 0. The number of carbonyl (C=O) groups is 1. The minimum atomic E-state index is 0.137. The number of hydrogen-bond donors (Lipinski definition) is 1. The smallest absolute Gasteiger partial charge is 0.254 e. The first-order valence-corrected chi connectivity index (χ1v) is 7.70. The Balaban J connectivity index is 1.69. The molecule has 0 aliphatic carbocycles. The number of nitrogens with one attached hydrogen (secondary N) is 1. The van der Waals surface area contributed by atoms with Crippen molar-refractivity contribution in [1.82, 2.24) is 10.2 Å². The Kier molecular flexibility index (Phi) is 4.41. The van der Waals surface area contributed by atoms with Crippen LogP contribution in [0.4, 0.5) is 5.69 Å². The van der Waals surface area contributed by atoms with Crippen LogP contribution >= 0.6 is 0 Å². The minimum Gasteiger partial charge on any atom is -0.378 e. The number of anilines is 1. The summed E-state index contributed by atoms with van der Waals surface area (Å²) in [7, 11) is 0. The van der Waals surface area contributed by atoms with Crippen molar-refractivity contribution in [2.45, 2.75) is 13.0 Å². The van der Waals surface area contributed by atoms with E-state index in [1.54, 1.807) is 0 Å². The standard InChI is InChI=1S/C16H23N3O2/c1-13-12-17-6-7-19(13)16(20)14-2-4-15(5-3-14)18-8-10-21-11-9-18/h2-5,13,17H,6-12H2,1H3/t13-/m1/s1. The lowest BCUT2D eigenvalue weighted by atomic mass is 10.1. The van der Waals surface area contributed by atoms with Crippen LogP contribution < -0.4 is 10.2 Å². The molecule has 0 saturated carbocycles. The van der Waals surface area contributed by atoms with E-state index >= 15 is 0 Å². The van der Waals surface area contributed by atoms with Crippen molar-refractivity contribution in [2.24, 2.45) is 0 Å². The fourth-order valence-electron chi connectivity index (χ4n) is 2.94. The van der Waals surface area contributed by atoms with Crippen LogP contribution in [0, 0.1) is 0 Å². The lowest BCUT2D eigenvalue weighted by molar-refractivity contribution is 0.0655. The number of nitrogens with zero attached hydrogens (tertiary/aromatic N) is 2. The second-order valence-electron chi connectivity index (χ2n) is 5.70. The second kappa shape index (κ2) is 6.45. The quantitative estimate of drug-likeness (QED) is 0.881.